The molecule has 3 fully saturated rings. The first-order valence-electron chi connectivity index (χ1n) is 27.4. The molecular weight excluding hydrogens is 1040 g/mol. The summed E-state index contributed by atoms with van der Waals surface area (Å²) in [6.45, 7) is 20.2. The first-order valence-corrected chi connectivity index (χ1v) is 32.5. The van der Waals surface area contributed by atoms with Gasteiger partial charge in [0.25, 0.3) is 5.91 Å². The van der Waals surface area contributed by atoms with Crippen molar-refractivity contribution in [2.24, 2.45) is 16.7 Å². The molecule has 3 aromatic carbocycles. The molecule has 7 rings (SSSR count). The summed E-state index contributed by atoms with van der Waals surface area (Å²) in [4.78, 5) is 88.6. The second-order valence-electron chi connectivity index (χ2n) is 22.3. The molecule has 424 valence electrons. The third kappa shape index (κ3) is 10.7. The predicted molar refractivity (Wildman–Crippen MR) is 290 cm³/mol. The summed E-state index contributed by atoms with van der Waals surface area (Å²) in [6.07, 6.45) is -9.65. The zero-order valence-electron chi connectivity index (χ0n) is 47.0. The first kappa shape index (κ1) is 60.2. The van der Waals surface area contributed by atoms with Crippen molar-refractivity contribution in [3.05, 3.63) is 118 Å². The molecule has 11 atom stereocenters. The number of amides is 1. The zero-order valence-corrected chi connectivity index (χ0v) is 49.0. The number of aliphatic hydroxyl groups is 1. The van der Waals surface area contributed by atoms with E-state index in [1.165, 1.54) is 6.92 Å². The monoisotopic (exact) mass is 1120 g/mol. The van der Waals surface area contributed by atoms with Gasteiger partial charge in [-0.2, -0.15) is 0 Å². The normalized spacial score (nSPS) is 28.3. The number of nitrogens with one attached hydrogen (secondary N) is 1. The Hall–Kier alpha value is -5.45. The average molecular weight is 1120 g/mol. The third-order valence-electron chi connectivity index (χ3n) is 18.2. The van der Waals surface area contributed by atoms with Crippen molar-refractivity contribution in [3.63, 3.8) is 0 Å². The second-order valence-corrected chi connectivity index (χ2v) is 31.7. The Bertz CT molecular complexity index is 2760. The lowest BCUT2D eigenvalue weighted by Crippen LogP contribution is -2.82. The van der Waals surface area contributed by atoms with Gasteiger partial charge in [0.15, 0.2) is 40.2 Å². The zero-order chi connectivity index (χ0) is 57.3. The molecule has 15 nitrogen and oxygen atoms in total. The number of Topliss-reactive ketones (excluding diaryl/α,β-unsaturated/α-hetero) is 1. The van der Waals surface area contributed by atoms with E-state index in [0.717, 1.165) is 19.1 Å². The molecule has 2 saturated carbocycles. The van der Waals surface area contributed by atoms with Gasteiger partial charge in [0.1, 0.15) is 35.5 Å². The van der Waals surface area contributed by atoms with E-state index in [0.29, 0.717) is 53.5 Å². The van der Waals surface area contributed by atoms with E-state index in [1.54, 1.807) is 88.4 Å². The lowest BCUT2D eigenvalue weighted by atomic mass is 9.44. The van der Waals surface area contributed by atoms with Gasteiger partial charge >= 0.3 is 23.9 Å². The number of hydrogen-bond acceptors (Lipinski definition) is 14. The van der Waals surface area contributed by atoms with E-state index < -0.39 is 146 Å². The molecule has 0 aromatic heterocycles. The highest BCUT2D eigenvalue weighted by Crippen LogP contribution is 2.65. The molecule has 1 heterocycles. The summed E-state index contributed by atoms with van der Waals surface area (Å²) in [7, 11) is -5.57. The molecular formula is C59H77F2NO14Si2. The van der Waals surface area contributed by atoms with Crippen LogP contribution in [0.4, 0.5) is 8.78 Å². The molecule has 2 bridgehead atoms. The van der Waals surface area contributed by atoms with E-state index in [-0.39, 0.29) is 24.2 Å². The Kier molecular flexibility index (Phi) is 18.0. The number of fused-ring (bicyclic) bond motifs is 5. The molecule has 1 aliphatic heterocycles. The molecule has 1 saturated heterocycles. The Morgan fingerprint density at radius 2 is 1.38 bits per heavy atom. The van der Waals surface area contributed by atoms with Crippen LogP contribution in [0.15, 0.2) is 90.0 Å². The van der Waals surface area contributed by atoms with Crippen LogP contribution in [-0.2, 0) is 51.7 Å². The summed E-state index contributed by atoms with van der Waals surface area (Å²) in [5, 5.41) is 17.5. The van der Waals surface area contributed by atoms with Gasteiger partial charge in [-0.05, 0) is 97.2 Å². The van der Waals surface area contributed by atoms with Crippen LogP contribution in [0, 0.1) is 28.4 Å². The maximum Gasteiger partial charge on any atom is 0.341 e. The van der Waals surface area contributed by atoms with E-state index in [9.17, 15) is 24.3 Å². The fourth-order valence-corrected chi connectivity index (χ4v) is 18.8. The lowest BCUT2D eigenvalue weighted by Gasteiger charge is -2.68. The standard InChI is InChI=1S/C59H77F2NO14Si2/c1-13-77(14-2,15-3)75-44-32-45-58(34-70-45,74-37(9)64)50-52(73-54(67)41-31-40(60)29-30-42(41)61)59(69)33-43(35(7)46(56(59,10)11)48(71-36(8)63)51(65)57(44,50)12)72-55(68)49(76-78(16-4,17-5)18-6)47(38-25-21-19-22-26-38)62-53(66)39-27-23-20-24-28-39/h19-31,43-45,47-50,52,69H,13-18,32-34H2,1-12H3,(H,62,66)/t43-,44-,45+,47-,48+,49+,50-,52-,57+,58-,59+/m0/s1. The Morgan fingerprint density at radius 1 is 0.795 bits per heavy atom. The Balaban J connectivity index is 1.51. The van der Waals surface area contributed by atoms with Crippen LogP contribution in [0.5, 0.6) is 0 Å². The summed E-state index contributed by atoms with van der Waals surface area (Å²) >= 11 is 0. The molecule has 2 N–H and O–H groups in total. The van der Waals surface area contributed by atoms with Gasteiger partial charge in [-0.25, -0.2) is 18.4 Å². The smallest absolute Gasteiger partial charge is 0.341 e. The van der Waals surface area contributed by atoms with Crippen molar-refractivity contribution in [2.45, 2.75) is 186 Å². The Morgan fingerprint density at radius 3 is 1.92 bits per heavy atom. The minimum Gasteiger partial charge on any atom is -0.456 e. The molecule has 3 aliphatic carbocycles. The third-order valence-corrected chi connectivity index (χ3v) is 27.5. The van der Waals surface area contributed by atoms with Crippen molar-refractivity contribution in [2.75, 3.05) is 6.61 Å². The number of ketones is 1. The molecule has 1 amide bonds. The van der Waals surface area contributed by atoms with E-state index in [2.05, 4.69) is 5.32 Å². The first-order chi connectivity index (χ1) is 36.8. The van der Waals surface area contributed by atoms with Gasteiger partial charge < -0.3 is 43.0 Å². The van der Waals surface area contributed by atoms with Gasteiger partial charge in [0.05, 0.1) is 35.6 Å². The van der Waals surface area contributed by atoms with Crippen LogP contribution in [0.1, 0.15) is 128 Å². The highest BCUT2D eigenvalue weighted by Gasteiger charge is 2.79. The van der Waals surface area contributed by atoms with Gasteiger partial charge in [0, 0.05) is 37.7 Å². The minimum atomic E-state index is -2.82. The highest BCUT2D eigenvalue weighted by atomic mass is 28.4. The van der Waals surface area contributed by atoms with Crippen LogP contribution >= 0.6 is 0 Å². The molecule has 78 heavy (non-hydrogen) atoms. The second kappa shape index (κ2) is 23.3. The van der Waals surface area contributed by atoms with E-state index >= 15 is 18.4 Å². The molecule has 0 spiro atoms. The number of benzene rings is 3. The summed E-state index contributed by atoms with van der Waals surface area (Å²) in [6, 6.07) is 22.0. The number of carbonyl (C=O) groups excluding carboxylic acids is 6. The topological polar surface area (TPSA) is 199 Å². The van der Waals surface area contributed by atoms with E-state index in [1.807, 2.05) is 41.5 Å². The van der Waals surface area contributed by atoms with Crippen LogP contribution in [0.25, 0.3) is 0 Å². The van der Waals surface area contributed by atoms with Gasteiger partial charge in [-0.3, -0.25) is 19.2 Å². The number of ether oxygens (including phenoxy) is 5. The van der Waals surface area contributed by atoms with Gasteiger partial charge in [0.2, 0.25) is 0 Å². The molecule has 4 aliphatic rings. The van der Waals surface area contributed by atoms with Crippen LogP contribution in [0.3, 0.4) is 0 Å². The predicted octanol–water partition coefficient (Wildman–Crippen LogP) is 10.1. The maximum absolute atomic E-state index is 16.6. The Labute approximate surface area is 458 Å². The van der Waals surface area contributed by atoms with Crippen molar-refractivity contribution >= 4 is 52.2 Å². The SMILES string of the molecule is CC[Si](CC)(CC)O[C@H]1C[C@H]2OC[C@@]2(OC(C)=O)[C@H]2[C@H](OC(=O)c3cc(F)ccc3F)[C@]3(O)C[C@H](OC(=O)[C@H](O[Si](CC)(CC)CC)[C@@H](NC(=O)c4ccccc4)c4ccccc4)C(C)=C([C@@H](OC(C)=O)C(=O)[C@]12C)C3(C)C. The van der Waals surface area contributed by atoms with Crippen LogP contribution < -0.4 is 5.32 Å². The molecule has 19 heteroatoms. The van der Waals surface area contributed by atoms with Gasteiger partial charge in [-0.15, -0.1) is 0 Å². The molecule has 0 radical (unpaired) electrons. The maximum atomic E-state index is 16.6. The number of rotatable bonds is 20. The van der Waals surface area contributed by atoms with Crippen LogP contribution in [-0.4, -0.2) is 112 Å². The summed E-state index contributed by atoms with van der Waals surface area (Å²) in [5.74, 6) is -9.10. The quantitative estimate of drug-likeness (QED) is 0.0469. The fraction of sp³-hybridized carbons (Fsp3) is 0.559. The number of hydrogen-bond donors (Lipinski definition) is 2. The lowest BCUT2D eigenvalue weighted by molar-refractivity contribution is -0.344. The van der Waals surface area contributed by atoms with Crippen molar-refractivity contribution in [3.8, 4) is 0 Å². The largest absolute Gasteiger partial charge is 0.456 e. The van der Waals surface area contributed by atoms with Crippen molar-refractivity contribution < 1.29 is 75.2 Å². The van der Waals surface area contributed by atoms with Crippen molar-refractivity contribution in [1.29, 1.82) is 0 Å². The number of esters is 4. The van der Waals surface area contributed by atoms with Crippen molar-refractivity contribution in [1.82, 2.24) is 5.32 Å². The summed E-state index contributed by atoms with van der Waals surface area (Å²) < 4.78 is 77.4. The summed E-state index contributed by atoms with van der Waals surface area (Å²) in [5.41, 5.74) is -8.00. The van der Waals surface area contributed by atoms with Crippen LogP contribution in [0.2, 0.25) is 36.3 Å². The minimum absolute atomic E-state index is 0.0121. The average Bonchev–Trinajstić information content (AvgIpc) is 3.20. The number of carbonyl (C=O) groups is 6. The molecule has 3 aromatic rings. The fourth-order valence-electron chi connectivity index (χ4n) is 13.1. The van der Waals surface area contributed by atoms with Gasteiger partial charge in [-0.1, -0.05) is 104 Å². The molecule has 0 unspecified atom stereocenters. The van der Waals surface area contributed by atoms with E-state index in [4.69, 9.17) is 32.5 Å². The highest BCUT2D eigenvalue weighted by molar-refractivity contribution is 6.74. The number of halogens is 2.